The molecule has 1 aliphatic heterocycles. The third-order valence-electron chi connectivity index (χ3n) is 5.07. The van der Waals surface area contributed by atoms with E-state index in [9.17, 15) is 9.59 Å². The van der Waals surface area contributed by atoms with Crippen LogP contribution in [0.1, 0.15) is 37.5 Å². The molecule has 2 aliphatic rings. The predicted molar refractivity (Wildman–Crippen MR) is 103 cm³/mol. The average molecular weight is 368 g/mol. The van der Waals surface area contributed by atoms with Crippen LogP contribution in [0.15, 0.2) is 28.8 Å². The molecule has 0 bridgehead atoms. The van der Waals surface area contributed by atoms with Crippen molar-refractivity contribution in [1.82, 2.24) is 5.16 Å². The van der Waals surface area contributed by atoms with Crippen LogP contribution >= 0.6 is 0 Å². The van der Waals surface area contributed by atoms with E-state index in [-0.39, 0.29) is 11.8 Å². The fourth-order valence-corrected chi connectivity index (χ4v) is 3.38. The molecule has 1 aromatic carbocycles. The molecular formula is C20H24N4O3. The van der Waals surface area contributed by atoms with Crippen molar-refractivity contribution in [2.24, 2.45) is 5.92 Å². The molecule has 1 aromatic heterocycles. The summed E-state index contributed by atoms with van der Waals surface area (Å²) in [5.74, 6) is 1.73. The first-order chi connectivity index (χ1) is 13.0. The highest BCUT2D eigenvalue weighted by Gasteiger charge is 2.31. The van der Waals surface area contributed by atoms with E-state index in [2.05, 4.69) is 15.8 Å². The summed E-state index contributed by atoms with van der Waals surface area (Å²) in [5.41, 5.74) is 3.03. The number of carbonyl (C=O) groups is 2. The number of fused-ring (bicyclic) bond motifs is 1. The van der Waals surface area contributed by atoms with E-state index in [4.69, 9.17) is 4.52 Å². The second-order valence-electron chi connectivity index (χ2n) is 7.47. The summed E-state index contributed by atoms with van der Waals surface area (Å²) in [4.78, 5) is 26.6. The van der Waals surface area contributed by atoms with Gasteiger partial charge in [0.05, 0.1) is 0 Å². The monoisotopic (exact) mass is 368 g/mol. The molecule has 0 spiro atoms. The largest absolute Gasteiger partial charge is 0.374 e. The van der Waals surface area contributed by atoms with Crippen molar-refractivity contribution in [3.8, 4) is 0 Å². The number of nitrogens with one attached hydrogen (secondary N) is 2. The molecule has 27 heavy (non-hydrogen) atoms. The van der Waals surface area contributed by atoms with Gasteiger partial charge in [0.25, 0.3) is 0 Å². The Morgan fingerprint density at radius 3 is 2.85 bits per heavy atom. The Morgan fingerprint density at radius 2 is 2.15 bits per heavy atom. The zero-order valence-corrected chi connectivity index (χ0v) is 15.6. The van der Waals surface area contributed by atoms with Crippen LogP contribution < -0.4 is 15.5 Å². The standard InChI is InChI=1S/C20H24N4O3/c1-12-9-18(23-27-12)22-20(26)13(2)21-16-6-7-17-15(10-16)5-8-19(25)24(17)11-14-3-4-14/h6-7,9-10,13-14,21H,3-5,8,11H2,1-2H3,(H,22,23,26). The van der Waals surface area contributed by atoms with Gasteiger partial charge >= 0.3 is 0 Å². The Kier molecular flexibility index (Phi) is 4.59. The fourth-order valence-electron chi connectivity index (χ4n) is 3.38. The molecular weight excluding hydrogens is 344 g/mol. The van der Waals surface area contributed by atoms with Crippen LogP contribution in [-0.4, -0.2) is 29.6 Å². The van der Waals surface area contributed by atoms with Gasteiger partial charge in [-0.2, -0.15) is 0 Å². The number of anilines is 3. The summed E-state index contributed by atoms with van der Waals surface area (Å²) in [5, 5.41) is 9.73. The lowest BCUT2D eigenvalue weighted by atomic mass is 10.00. The van der Waals surface area contributed by atoms with E-state index < -0.39 is 6.04 Å². The minimum Gasteiger partial charge on any atom is -0.374 e. The Bertz CT molecular complexity index is 872. The average Bonchev–Trinajstić information content (AvgIpc) is 3.37. The zero-order chi connectivity index (χ0) is 19.0. The molecule has 7 nitrogen and oxygen atoms in total. The number of nitrogens with zero attached hydrogens (tertiary/aromatic N) is 2. The molecule has 1 unspecified atom stereocenters. The second-order valence-corrected chi connectivity index (χ2v) is 7.47. The van der Waals surface area contributed by atoms with Crippen molar-refractivity contribution < 1.29 is 14.1 Å². The molecule has 1 aliphatic carbocycles. The molecule has 0 saturated heterocycles. The van der Waals surface area contributed by atoms with Crippen molar-refractivity contribution in [3.05, 3.63) is 35.6 Å². The van der Waals surface area contributed by atoms with Crippen molar-refractivity contribution >= 4 is 29.0 Å². The maximum atomic E-state index is 12.3. The van der Waals surface area contributed by atoms with E-state index >= 15 is 0 Å². The summed E-state index contributed by atoms with van der Waals surface area (Å²) in [6.07, 6.45) is 3.72. The SMILES string of the molecule is Cc1cc(NC(=O)C(C)Nc2ccc3c(c2)CCC(=O)N3CC2CC2)no1. The Morgan fingerprint density at radius 1 is 1.33 bits per heavy atom. The van der Waals surface area contributed by atoms with Gasteiger partial charge in [-0.3, -0.25) is 9.59 Å². The Labute approximate surface area is 158 Å². The van der Waals surface area contributed by atoms with Crippen LogP contribution in [0.2, 0.25) is 0 Å². The van der Waals surface area contributed by atoms with Gasteiger partial charge in [0.15, 0.2) is 5.82 Å². The van der Waals surface area contributed by atoms with Gasteiger partial charge in [0, 0.05) is 30.4 Å². The van der Waals surface area contributed by atoms with E-state index in [1.54, 1.807) is 19.9 Å². The molecule has 4 rings (SSSR count). The number of aryl methyl sites for hydroxylation is 2. The lowest BCUT2D eigenvalue weighted by Crippen LogP contribution is -2.37. The summed E-state index contributed by atoms with van der Waals surface area (Å²) >= 11 is 0. The maximum absolute atomic E-state index is 12.3. The molecule has 142 valence electrons. The molecule has 7 heteroatoms. The number of rotatable bonds is 6. The van der Waals surface area contributed by atoms with Gasteiger partial charge < -0.3 is 20.1 Å². The van der Waals surface area contributed by atoms with E-state index in [0.717, 1.165) is 29.9 Å². The highest BCUT2D eigenvalue weighted by Crippen LogP contribution is 2.36. The third kappa shape index (κ3) is 3.97. The lowest BCUT2D eigenvalue weighted by Gasteiger charge is -2.30. The number of hydrogen-bond acceptors (Lipinski definition) is 5. The van der Waals surface area contributed by atoms with Crippen LogP contribution in [0.25, 0.3) is 0 Å². The first kappa shape index (κ1) is 17.6. The quantitative estimate of drug-likeness (QED) is 0.818. The second kappa shape index (κ2) is 7.06. The van der Waals surface area contributed by atoms with Gasteiger partial charge in [-0.15, -0.1) is 0 Å². The van der Waals surface area contributed by atoms with E-state index in [0.29, 0.717) is 23.9 Å². The van der Waals surface area contributed by atoms with Crippen LogP contribution in [0, 0.1) is 12.8 Å². The number of amides is 2. The van der Waals surface area contributed by atoms with E-state index in [1.807, 2.05) is 23.1 Å². The molecule has 2 amide bonds. The van der Waals surface area contributed by atoms with Crippen LogP contribution in [0.3, 0.4) is 0 Å². The Balaban J connectivity index is 1.43. The van der Waals surface area contributed by atoms with Gasteiger partial charge in [0.1, 0.15) is 11.8 Å². The summed E-state index contributed by atoms with van der Waals surface area (Å²) < 4.78 is 4.96. The minimum atomic E-state index is -0.437. The molecule has 1 fully saturated rings. The van der Waals surface area contributed by atoms with Gasteiger partial charge in [-0.25, -0.2) is 0 Å². The highest BCUT2D eigenvalue weighted by molar-refractivity contribution is 5.97. The first-order valence-electron chi connectivity index (χ1n) is 9.43. The maximum Gasteiger partial charge on any atom is 0.247 e. The molecule has 2 N–H and O–H groups in total. The highest BCUT2D eigenvalue weighted by atomic mass is 16.5. The molecule has 2 aromatic rings. The third-order valence-corrected chi connectivity index (χ3v) is 5.07. The molecule has 1 atom stereocenters. The molecule has 2 heterocycles. The van der Waals surface area contributed by atoms with Gasteiger partial charge in [-0.1, -0.05) is 5.16 Å². The number of hydrogen-bond donors (Lipinski definition) is 2. The Hall–Kier alpha value is -2.83. The van der Waals surface area contributed by atoms with Crippen LogP contribution in [0.4, 0.5) is 17.2 Å². The van der Waals surface area contributed by atoms with Crippen molar-refractivity contribution in [1.29, 1.82) is 0 Å². The van der Waals surface area contributed by atoms with Crippen molar-refractivity contribution in [2.45, 2.75) is 45.6 Å². The first-order valence-corrected chi connectivity index (χ1v) is 9.43. The van der Waals surface area contributed by atoms with Crippen molar-refractivity contribution in [3.63, 3.8) is 0 Å². The minimum absolute atomic E-state index is 0.188. The van der Waals surface area contributed by atoms with Gasteiger partial charge in [0.2, 0.25) is 11.8 Å². The topological polar surface area (TPSA) is 87.5 Å². The molecule has 1 saturated carbocycles. The van der Waals surface area contributed by atoms with E-state index in [1.165, 1.54) is 12.8 Å². The lowest BCUT2D eigenvalue weighted by molar-refractivity contribution is -0.119. The normalized spacial score (nSPS) is 17.4. The zero-order valence-electron chi connectivity index (χ0n) is 15.6. The summed E-state index contributed by atoms with van der Waals surface area (Å²) in [6, 6.07) is 7.21. The molecule has 0 radical (unpaired) electrons. The van der Waals surface area contributed by atoms with Gasteiger partial charge in [-0.05, 0) is 62.8 Å². The smallest absolute Gasteiger partial charge is 0.247 e. The number of carbonyl (C=O) groups excluding carboxylic acids is 2. The summed E-state index contributed by atoms with van der Waals surface area (Å²) in [7, 11) is 0. The summed E-state index contributed by atoms with van der Waals surface area (Å²) in [6.45, 7) is 4.40. The number of aromatic nitrogens is 1. The van der Waals surface area contributed by atoms with Crippen molar-refractivity contribution in [2.75, 3.05) is 22.1 Å². The number of benzene rings is 1. The predicted octanol–water partition coefficient (Wildman–Crippen LogP) is 3.11. The van der Waals surface area contributed by atoms with Crippen LogP contribution in [0.5, 0.6) is 0 Å². The van der Waals surface area contributed by atoms with Crippen LogP contribution in [-0.2, 0) is 16.0 Å². The fraction of sp³-hybridized carbons (Fsp3) is 0.450.